The summed E-state index contributed by atoms with van der Waals surface area (Å²) in [5.74, 6) is -0.201. The molecule has 1 atom stereocenters. The highest BCUT2D eigenvalue weighted by molar-refractivity contribution is 5.88. The first-order chi connectivity index (χ1) is 9.00. The fourth-order valence-corrected chi connectivity index (χ4v) is 2.54. The van der Waals surface area contributed by atoms with E-state index in [0.29, 0.717) is 13.0 Å². The first-order valence-electron chi connectivity index (χ1n) is 6.58. The summed E-state index contributed by atoms with van der Waals surface area (Å²) >= 11 is 0. The Balaban J connectivity index is 2.32. The van der Waals surface area contributed by atoms with Gasteiger partial charge in [0.05, 0.1) is 0 Å². The van der Waals surface area contributed by atoms with E-state index in [9.17, 15) is 9.59 Å². The van der Waals surface area contributed by atoms with Gasteiger partial charge in [-0.3, -0.25) is 9.59 Å². The van der Waals surface area contributed by atoms with Crippen LogP contribution in [0.3, 0.4) is 0 Å². The largest absolute Gasteiger partial charge is 0.368 e. The molecule has 0 saturated heterocycles. The quantitative estimate of drug-likeness (QED) is 0.892. The molecule has 1 aliphatic rings. The number of benzene rings is 1. The number of nitrogens with zero attached hydrogens (tertiary/aromatic N) is 1. The predicted octanol–water partition coefficient (Wildman–Crippen LogP) is 1.44. The van der Waals surface area contributed by atoms with Crippen LogP contribution in [0.2, 0.25) is 0 Å². The van der Waals surface area contributed by atoms with E-state index in [1.54, 1.807) is 11.0 Å². The van der Waals surface area contributed by atoms with E-state index in [1.807, 2.05) is 26.0 Å². The summed E-state index contributed by atoms with van der Waals surface area (Å²) in [6.07, 6.45) is 1.19. The second kappa shape index (κ2) is 5.43. The molecule has 0 bridgehead atoms. The Kier molecular flexibility index (Phi) is 3.88. The van der Waals surface area contributed by atoms with Crippen molar-refractivity contribution in [3.05, 3.63) is 35.4 Å². The third-order valence-corrected chi connectivity index (χ3v) is 3.39. The molecule has 0 fully saturated rings. The Morgan fingerprint density at radius 2 is 2.26 bits per heavy atom. The van der Waals surface area contributed by atoms with Gasteiger partial charge in [0.25, 0.3) is 0 Å². The number of rotatable bonds is 3. The van der Waals surface area contributed by atoms with E-state index >= 15 is 0 Å². The standard InChI is InChI=1S/C15H19N2O2/c1-10(2)9-13(18)17-8-7-11-5-3-4-6-12(11)14(17)15(16)19/h4-6,10,14H,7-9H2,1-2H3,(H2,16,19). The third-order valence-electron chi connectivity index (χ3n) is 3.39. The van der Waals surface area contributed by atoms with Crippen LogP contribution in [0, 0.1) is 12.0 Å². The number of carbonyl (C=O) groups excluding carboxylic acids is 2. The summed E-state index contributed by atoms with van der Waals surface area (Å²) in [4.78, 5) is 25.6. The molecule has 1 aromatic carbocycles. The van der Waals surface area contributed by atoms with Crippen molar-refractivity contribution in [2.24, 2.45) is 11.7 Å². The van der Waals surface area contributed by atoms with Crippen LogP contribution in [0.4, 0.5) is 0 Å². The summed E-state index contributed by atoms with van der Waals surface area (Å²) in [6, 6.07) is 7.82. The summed E-state index contributed by atoms with van der Waals surface area (Å²) < 4.78 is 0. The molecule has 101 valence electrons. The molecule has 19 heavy (non-hydrogen) atoms. The SMILES string of the molecule is CC(C)CC(=O)N1CCc2c[c]ccc2C1C(N)=O. The Bertz CT molecular complexity index is 497. The predicted molar refractivity (Wildman–Crippen MR) is 72.1 cm³/mol. The maximum Gasteiger partial charge on any atom is 0.244 e. The van der Waals surface area contributed by atoms with Gasteiger partial charge in [-0.05, 0) is 29.5 Å². The first-order valence-corrected chi connectivity index (χ1v) is 6.58. The average Bonchev–Trinajstić information content (AvgIpc) is 2.36. The fraction of sp³-hybridized carbons (Fsp3) is 0.467. The van der Waals surface area contributed by atoms with Crippen molar-refractivity contribution in [2.45, 2.75) is 32.7 Å². The van der Waals surface area contributed by atoms with Gasteiger partial charge in [-0.25, -0.2) is 0 Å². The molecule has 4 nitrogen and oxygen atoms in total. The van der Waals surface area contributed by atoms with Crippen molar-refractivity contribution in [1.82, 2.24) is 4.90 Å². The number of fused-ring (bicyclic) bond motifs is 1. The molecule has 1 aromatic rings. The first kappa shape index (κ1) is 13.6. The van der Waals surface area contributed by atoms with Crippen molar-refractivity contribution >= 4 is 11.8 Å². The molecule has 0 aliphatic carbocycles. The zero-order valence-electron chi connectivity index (χ0n) is 11.3. The van der Waals surface area contributed by atoms with E-state index in [1.165, 1.54) is 0 Å². The van der Waals surface area contributed by atoms with Crippen LogP contribution in [0.1, 0.15) is 37.4 Å². The lowest BCUT2D eigenvalue weighted by Gasteiger charge is -2.35. The fourth-order valence-electron chi connectivity index (χ4n) is 2.54. The zero-order chi connectivity index (χ0) is 14.0. The minimum atomic E-state index is -0.635. The van der Waals surface area contributed by atoms with Crippen LogP contribution >= 0.6 is 0 Å². The molecule has 0 spiro atoms. The van der Waals surface area contributed by atoms with Gasteiger partial charge in [-0.2, -0.15) is 0 Å². The van der Waals surface area contributed by atoms with E-state index in [4.69, 9.17) is 5.73 Å². The maximum atomic E-state index is 12.2. The van der Waals surface area contributed by atoms with Gasteiger partial charge in [-0.1, -0.05) is 32.0 Å². The van der Waals surface area contributed by atoms with E-state index < -0.39 is 11.9 Å². The van der Waals surface area contributed by atoms with Crippen molar-refractivity contribution in [1.29, 1.82) is 0 Å². The van der Waals surface area contributed by atoms with Gasteiger partial charge in [0.15, 0.2) is 0 Å². The molecular formula is C15H19N2O2. The molecule has 4 heteroatoms. The topological polar surface area (TPSA) is 63.4 Å². The number of nitrogens with two attached hydrogens (primary N) is 1. The number of hydrogen-bond donors (Lipinski definition) is 1. The summed E-state index contributed by atoms with van der Waals surface area (Å²) in [6.45, 7) is 4.53. The molecule has 0 aromatic heterocycles. The van der Waals surface area contributed by atoms with Crippen LogP contribution in [-0.4, -0.2) is 23.3 Å². The highest BCUT2D eigenvalue weighted by Crippen LogP contribution is 2.30. The van der Waals surface area contributed by atoms with Gasteiger partial charge < -0.3 is 10.6 Å². The number of primary amides is 1. The van der Waals surface area contributed by atoms with Gasteiger partial charge >= 0.3 is 0 Å². The maximum absolute atomic E-state index is 12.2. The molecular weight excluding hydrogens is 240 g/mol. The molecule has 1 unspecified atom stereocenters. The van der Waals surface area contributed by atoms with E-state index in [0.717, 1.165) is 17.5 Å². The lowest BCUT2D eigenvalue weighted by molar-refractivity contribution is -0.140. The number of carbonyl (C=O) groups is 2. The Labute approximate surface area is 113 Å². The minimum Gasteiger partial charge on any atom is -0.368 e. The summed E-state index contributed by atoms with van der Waals surface area (Å²) in [5, 5.41) is 0. The van der Waals surface area contributed by atoms with Gasteiger partial charge in [-0.15, -0.1) is 0 Å². The van der Waals surface area contributed by atoms with Gasteiger partial charge in [0.1, 0.15) is 6.04 Å². The zero-order valence-corrected chi connectivity index (χ0v) is 11.3. The van der Waals surface area contributed by atoms with Crippen molar-refractivity contribution < 1.29 is 9.59 Å². The van der Waals surface area contributed by atoms with E-state index in [-0.39, 0.29) is 11.8 Å². The third kappa shape index (κ3) is 2.78. The molecule has 2 N–H and O–H groups in total. The highest BCUT2D eigenvalue weighted by Gasteiger charge is 2.34. The van der Waals surface area contributed by atoms with Crippen molar-refractivity contribution in [2.75, 3.05) is 6.54 Å². The lowest BCUT2D eigenvalue weighted by Crippen LogP contribution is -2.46. The van der Waals surface area contributed by atoms with Crippen molar-refractivity contribution in [3.63, 3.8) is 0 Å². The normalized spacial score (nSPS) is 18.3. The highest BCUT2D eigenvalue weighted by atomic mass is 16.2. The smallest absolute Gasteiger partial charge is 0.244 e. The Morgan fingerprint density at radius 3 is 2.89 bits per heavy atom. The van der Waals surface area contributed by atoms with Crippen LogP contribution < -0.4 is 5.73 Å². The van der Waals surface area contributed by atoms with Crippen molar-refractivity contribution in [3.8, 4) is 0 Å². The molecule has 2 amide bonds. The van der Waals surface area contributed by atoms with Gasteiger partial charge in [0.2, 0.25) is 11.8 Å². The number of amides is 2. The van der Waals surface area contributed by atoms with Crippen LogP contribution in [0.25, 0.3) is 0 Å². The van der Waals surface area contributed by atoms with E-state index in [2.05, 4.69) is 6.07 Å². The number of hydrogen-bond acceptors (Lipinski definition) is 2. The molecule has 1 radical (unpaired) electrons. The Morgan fingerprint density at radius 1 is 1.53 bits per heavy atom. The van der Waals surface area contributed by atoms with Crippen LogP contribution in [-0.2, 0) is 16.0 Å². The molecule has 1 aliphatic heterocycles. The molecule has 2 rings (SSSR count). The molecule has 1 heterocycles. The van der Waals surface area contributed by atoms with Crippen LogP contribution in [0.15, 0.2) is 18.2 Å². The molecule has 0 saturated carbocycles. The summed E-state index contributed by atoms with van der Waals surface area (Å²) in [7, 11) is 0. The second-order valence-electron chi connectivity index (χ2n) is 5.36. The second-order valence-corrected chi connectivity index (χ2v) is 5.36. The lowest BCUT2D eigenvalue weighted by atomic mass is 9.91. The van der Waals surface area contributed by atoms with Crippen LogP contribution in [0.5, 0.6) is 0 Å². The average molecular weight is 259 g/mol. The van der Waals surface area contributed by atoms with Gasteiger partial charge in [0, 0.05) is 13.0 Å². The minimum absolute atomic E-state index is 0.00252. The Hall–Kier alpha value is -1.84. The summed E-state index contributed by atoms with van der Waals surface area (Å²) in [5.41, 5.74) is 7.40. The monoisotopic (exact) mass is 259 g/mol.